The molecule has 0 aliphatic carbocycles. The van der Waals surface area contributed by atoms with E-state index in [0.717, 1.165) is 19.3 Å². The lowest BCUT2D eigenvalue weighted by molar-refractivity contribution is -0.139. The zero-order chi connectivity index (χ0) is 15.2. The monoisotopic (exact) mass is 428 g/mol. The molecule has 0 aromatic carbocycles. The number of rotatable bonds is 7. The molecule has 1 N–H and O–H groups in total. The molecule has 2 aliphatic heterocycles. The molecule has 3 atom stereocenters. The van der Waals surface area contributed by atoms with Gasteiger partial charge in [0.25, 0.3) is 0 Å². The van der Waals surface area contributed by atoms with Crippen LogP contribution >= 0.6 is 28.5 Å². The average Bonchev–Trinajstić information content (AvgIpc) is 3.06. The molecule has 2 aliphatic rings. The van der Waals surface area contributed by atoms with Gasteiger partial charge in [0.2, 0.25) is 11.8 Å². The summed E-state index contributed by atoms with van der Waals surface area (Å²) in [5, 5.41) is 8.92. The predicted octanol–water partition coefficient (Wildman–Crippen LogP) is 1.31. The van der Waals surface area contributed by atoms with Gasteiger partial charge in [-0.1, -0.05) is 0 Å². The minimum Gasteiger partial charge on any atom is -0.396 e. The fourth-order valence-electron chi connectivity index (χ4n) is 3.00. The summed E-state index contributed by atoms with van der Waals surface area (Å²) in [6.07, 6.45) is 3.79. The topological polar surface area (TPSA) is 70.1 Å². The standard InChI is InChI=1S/C13H22IN2O4P/c14-21-20-11-5-6-15(8-11)13(19)9-16-10(2-1-7-17)3-4-12(16)18/h10-11,17,21H,1-9H2. The molecule has 21 heavy (non-hydrogen) atoms. The van der Waals surface area contributed by atoms with Gasteiger partial charge in [0.15, 0.2) is 0 Å². The third-order valence-electron chi connectivity index (χ3n) is 4.16. The number of aliphatic hydroxyl groups excluding tert-OH is 1. The van der Waals surface area contributed by atoms with Crippen molar-refractivity contribution in [3.05, 3.63) is 0 Å². The Kier molecular flexibility index (Phi) is 7.12. The van der Waals surface area contributed by atoms with Crippen LogP contribution in [0.15, 0.2) is 0 Å². The number of halogens is 1. The van der Waals surface area contributed by atoms with Crippen LogP contribution in [0.3, 0.4) is 0 Å². The highest BCUT2D eigenvalue weighted by Gasteiger charge is 2.34. The van der Waals surface area contributed by atoms with E-state index >= 15 is 0 Å². The molecule has 8 heteroatoms. The predicted molar refractivity (Wildman–Crippen MR) is 89.5 cm³/mol. The normalized spacial score (nSPS) is 26.5. The van der Waals surface area contributed by atoms with Gasteiger partial charge in [0, 0.05) is 32.2 Å². The van der Waals surface area contributed by atoms with Gasteiger partial charge in [-0.2, -0.15) is 0 Å². The van der Waals surface area contributed by atoms with Crippen molar-refractivity contribution in [3.8, 4) is 0 Å². The number of hydrogen-bond acceptors (Lipinski definition) is 4. The zero-order valence-corrected chi connectivity index (χ0v) is 15.1. The van der Waals surface area contributed by atoms with Gasteiger partial charge in [0.1, 0.15) is 6.54 Å². The smallest absolute Gasteiger partial charge is 0.242 e. The average molecular weight is 428 g/mol. The molecule has 120 valence electrons. The van der Waals surface area contributed by atoms with Crippen molar-refractivity contribution in [3.63, 3.8) is 0 Å². The first kappa shape index (κ1) is 17.4. The van der Waals surface area contributed by atoms with Crippen molar-refractivity contribution in [1.29, 1.82) is 0 Å². The van der Waals surface area contributed by atoms with Crippen LogP contribution in [-0.2, 0) is 14.1 Å². The lowest BCUT2D eigenvalue weighted by atomic mass is 10.1. The Balaban J connectivity index is 1.84. The molecule has 2 rings (SSSR count). The van der Waals surface area contributed by atoms with E-state index < -0.39 is 0 Å². The molecule has 3 unspecified atom stereocenters. The highest BCUT2D eigenvalue weighted by molar-refractivity contribution is 14.2. The van der Waals surface area contributed by atoms with Gasteiger partial charge in [0.05, 0.1) is 12.6 Å². The summed E-state index contributed by atoms with van der Waals surface area (Å²) in [6.45, 7) is 2.08. The van der Waals surface area contributed by atoms with Crippen molar-refractivity contribution in [2.24, 2.45) is 0 Å². The molecule has 0 saturated carbocycles. The van der Waals surface area contributed by atoms with Gasteiger partial charge in [-0.05, 0) is 47.7 Å². The Bertz CT molecular complexity index is 385. The van der Waals surface area contributed by atoms with E-state index in [9.17, 15) is 9.59 Å². The quantitative estimate of drug-likeness (QED) is 0.491. The minimum atomic E-state index is 0.0159. The minimum absolute atomic E-state index is 0.0159. The Labute approximate surface area is 139 Å². The second-order valence-electron chi connectivity index (χ2n) is 5.53. The van der Waals surface area contributed by atoms with Crippen molar-refractivity contribution in [2.45, 2.75) is 44.2 Å². The molecule has 0 spiro atoms. The molecule has 0 bridgehead atoms. The lowest BCUT2D eigenvalue weighted by Crippen LogP contribution is -2.43. The van der Waals surface area contributed by atoms with Crippen LogP contribution < -0.4 is 0 Å². The van der Waals surface area contributed by atoms with Crippen LogP contribution in [-0.4, -0.2) is 65.1 Å². The Morgan fingerprint density at radius 3 is 3.00 bits per heavy atom. The van der Waals surface area contributed by atoms with Crippen LogP contribution in [0.2, 0.25) is 0 Å². The number of hydrogen-bond donors (Lipinski definition) is 1. The summed E-state index contributed by atoms with van der Waals surface area (Å²) in [6, 6.07) is 0.110. The second kappa shape index (κ2) is 8.60. The van der Waals surface area contributed by atoms with Gasteiger partial charge >= 0.3 is 0 Å². The third-order valence-corrected chi connectivity index (χ3v) is 5.35. The number of amides is 2. The summed E-state index contributed by atoms with van der Waals surface area (Å²) in [7, 11) is 0. The van der Waals surface area contributed by atoms with E-state index in [4.69, 9.17) is 9.63 Å². The Morgan fingerprint density at radius 1 is 1.48 bits per heavy atom. The first-order valence-corrected chi connectivity index (χ1v) is 11.4. The van der Waals surface area contributed by atoms with Crippen molar-refractivity contribution < 1.29 is 19.2 Å². The summed E-state index contributed by atoms with van der Waals surface area (Å²) in [5.74, 6) is 0.0779. The second-order valence-corrected chi connectivity index (χ2v) is 7.24. The summed E-state index contributed by atoms with van der Waals surface area (Å²) >= 11 is 2.19. The molecule has 2 fully saturated rings. The number of likely N-dealkylation sites (tertiary alicyclic amines) is 2. The maximum Gasteiger partial charge on any atom is 0.242 e. The Hall–Kier alpha value is 0.0200. The summed E-state index contributed by atoms with van der Waals surface area (Å²) in [4.78, 5) is 27.8. The molecule has 6 nitrogen and oxygen atoms in total. The van der Waals surface area contributed by atoms with E-state index in [1.165, 1.54) is 0 Å². The largest absolute Gasteiger partial charge is 0.396 e. The molecule has 0 radical (unpaired) electrons. The molecular formula is C13H22IN2O4P. The molecule has 2 saturated heterocycles. The van der Waals surface area contributed by atoms with Gasteiger partial charge < -0.3 is 19.4 Å². The van der Waals surface area contributed by atoms with E-state index in [1.807, 2.05) is 0 Å². The van der Waals surface area contributed by atoms with E-state index in [0.29, 0.717) is 32.4 Å². The lowest BCUT2D eigenvalue weighted by Gasteiger charge is -2.26. The SMILES string of the molecule is O=C(CN1C(=O)CCC1CCCO)N1CCC(OPI)C1. The van der Waals surface area contributed by atoms with Crippen LogP contribution in [0.5, 0.6) is 0 Å². The molecule has 0 aromatic heterocycles. The first-order valence-electron chi connectivity index (χ1n) is 7.35. The van der Waals surface area contributed by atoms with Gasteiger partial charge in [-0.3, -0.25) is 9.59 Å². The van der Waals surface area contributed by atoms with Crippen molar-refractivity contribution in [1.82, 2.24) is 9.80 Å². The fourth-order valence-corrected chi connectivity index (χ4v) is 4.39. The van der Waals surface area contributed by atoms with E-state index in [1.54, 1.807) is 9.80 Å². The summed E-state index contributed by atoms with van der Waals surface area (Å²) in [5.41, 5.74) is 0. The van der Waals surface area contributed by atoms with Gasteiger partial charge in [-0.25, -0.2) is 0 Å². The summed E-state index contributed by atoms with van der Waals surface area (Å²) < 4.78 is 5.56. The van der Waals surface area contributed by atoms with Crippen molar-refractivity contribution >= 4 is 40.3 Å². The fraction of sp³-hybridized carbons (Fsp3) is 0.846. The first-order chi connectivity index (χ1) is 10.2. The van der Waals surface area contributed by atoms with Crippen LogP contribution in [0.4, 0.5) is 0 Å². The van der Waals surface area contributed by atoms with Crippen LogP contribution in [0, 0.1) is 0 Å². The third kappa shape index (κ3) is 4.74. The van der Waals surface area contributed by atoms with E-state index in [-0.39, 0.29) is 37.1 Å². The number of aliphatic hydroxyl groups is 1. The van der Waals surface area contributed by atoms with Crippen LogP contribution in [0.1, 0.15) is 32.1 Å². The van der Waals surface area contributed by atoms with Crippen molar-refractivity contribution in [2.75, 3.05) is 26.2 Å². The zero-order valence-electron chi connectivity index (χ0n) is 12.0. The molecule has 2 heterocycles. The maximum absolute atomic E-state index is 12.3. The van der Waals surface area contributed by atoms with Crippen LogP contribution in [0.25, 0.3) is 0 Å². The molecular weight excluding hydrogens is 406 g/mol. The highest BCUT2D eigenvalue weighted by atomic mass is 127. The maximum atomic E-state index is 12.3. The van der Waals surface area contributed by atoms with Gasteiger partial charge in [-0.15, -0.1) is 0 Å². The molecule has 0 aromatic rings. The van der Waals surface area contributed by atoms with E-state index in [2.05, 4.69) is 22.0 Å². The number of carbonyl (C=O) groups excluding carboxylic acids is 2. The number of carbonyl (C=O) groups is 2. The molecule has 2 amide bonds. The Morgan fingerprint density at radius 2 is 2.29 bits per heavy atom. The highest BCUT2D eigenvalue weighted by Crippen LogP contribution is 2.28. The number of nitrogens with zero attached hydrogens (tertiary/aromatic N) is 2.